The minimum absolute atomic E-state index is 0.0154. The van der Waals surface area contributed by atoms with Crippen molar-refractivity contribution in [3.05, 3.63) is 108 Å². The Morgan fingerprint density at radius 3 is 2.03 bits per heavy atom. The van der Waals surface area contributed by atoms with Gasteiger partial charge in [-0.2, -0.15) is 0 Å². The van der Waals surface area contributed by atoms with Crippen LogP contribution in [0.4, 0.5) is 0 Å². The van der Waals surface area contributed by atoms with Gasteiger partial charge in [0.15, 0.2) is 0 Å². The van der Waals surface area contributed by atoms with E-state index in [1.165, 1.54) is 5.56 Å². The zero-order valence-electron chi connectivity index (χ0n) is 21.0. The molecule has 4 nitrogen and oxygen atoms in total. The molecule has 186 valence electrons. The van der Waals surface area contributed by atoms with Gasteiger partial charge in [-0.05, 0) is 67.6 Å². The SMILES string of the molecule is CCOC(=O)[C@@H]1[C@@H]2CC[C@@H](CC2CCc2ccccc2)N1C(=O)C(c1ccccc1)c1ccccc1. The lowest BCUT2D eigenvalue weighted by Gasteiger charge is -2.54. The quantitative estimate of drug-likeness (QED) is 0.370. The molecule has 2 aliphatic heterocycles. The maximum absolute atomic E-state index is 14.4. The van der Waals surface area contributed by atoms with Gasteiger partial charge in [0, 0.05) is 6.04 Å². The molecular formula is C32H35NO3. The average molecular weight is 482 g/mol. The van der Waals surface area contributed by atoms with E-state index in [1.54, 1.807) is 0 Å². The van der Waals surface area contributed by atoms with E-state index in [0.29, 0.717) is 12.5 Å². The Labute approximate surface area is 214 Å². The Balaban J connectivity index is 1.46. The van der Waals surface area contributed by atoms with Gasteiger partial charge in [0.2, 0.25) is 5.91 Å². The van der Waals surface area contributed by atoms with Gasteiger partial charge in [-0.25, -0.2) is 4.79 Å². The van der Waals surface area contributed by atoms with E-state index in [9.17, 15) is 9.59 Å². The first-order valence-corrected chi connectivity index (χ1v) is 13.3. The summed E-state index contributed by atoms with van der Waals surface area (Å²) in [6, 6.07) is 30.0. The summed E-state index contributed by atoms with van der Waals surface area (Å²) < 4.78 is 5.58. The van der Waals surface area contributed by atoms with Crippen molar-refractivity contribution in [1.82, 2.24) is 4.90 Å². The Bertz CT molecular complexity index is 1110. The molecule has 2 heterocycles. The number of benzene rings is 3. The predicted octanol–water partition coefficient (Wildman–Crippen LogP) is 6.01. The van der Waals surface area contributed by atoms with Gasteiger partial charge in [0.1, 0.15) is 6.04 Å². The molecule has 2 bridgehead atoms. The number of aryl methyl sites for hydroxylation is 1. The second kappa shape index (κ2) is 11.1. The van der Waals surface area contributed by atoms with Gasteiger partial charge < -0.3 is 9.64 Å². The van der Waals surface area contributed by atoms with Crippen LogP contribution in [0.25, 0.3) is 0 Å². The molecule has 0 N–H and O–H groups in total. The zero-order chi connectivity index (χ0) is 24.9. The molecule has 6 rings (SSSR count). The number of ether oxygens (including phenoxy) is 1. The van der Waals surface area contributed by atoms with Crippen molar-refractivity contribution in [3.8, 4) is 0 Å². The smallest absolute Gasteiger partial charge is 0.329 e. The molecule has 0 aromatic heterocycles. The van der Waals surface area contributed by atoms with E-state index in [-0.39, 0.29) is 23.8 Å². The van der Waals surface area contributed by atoms with Crippen molar-refractivity contribution in [2.75, 3.05) is 6.61 Å². The number of rotatable bonds is 8. The van der Waals surface area contributed by atoms with E-state index < -0.39 is 12.0 Å². The van der Waals surface area contributed by atoms with Gasteiger partial charge in [-0.15, -0.1) is 0 Å². The highest BCUT2D eigenvalue weighted by Gasteiger charge is 2.53. The highest BCUT2D eigenvalue weighted by molar-refractivity contribution is 5.92. The number of hydrogen-bond acceptors (Lipinski definition) is 3. The Hall–Kier alpha value is -3.40. The van der Waals surface area contributed by atoms with Crippen LogP contribution in [0.5, 0.6) is 0 Å². The highest BCUT2D eigenvalue weighted by atomic mass is 16.5. The molecule has 4 heteroatoms. The summed E-state index contributed by atoms with van der Waals surface area (Å²) in [6.45, 7) is 2.17. The molecule has 1 unspecified atom stereocenters. The normalized spacial score (nSPS) is 23.0. The second-order valence-electron chi connectivity index (χ2n) is 10.1. The molecule has 1 aliphatic carbocycles. The lowest BCUT2D eigenvalue weighted by atomic mass is 9.65. The molecule has 36 heavy (non-hydrogen) atoms. The molecule has 3 fully saturated rings. The Morgan fingerprint density at radius 1 is 0.861 bits per heavy atom. The number of esters is 1. The Morgan fingerprint density at radius 2 is 1.44 bits per heavy atom. The molecule has 1 amide bonds. The summed E-state index contributed by atoms with van der Waals surface area (Å²) >= 11 is 0. The van der Waals surface area contributed by atoms with Gasteiger partial charge >= 0.3 is 5.97 Å². The maximum atomic E-state index is 14.4. The minimum Gasteiger partial charge on any atom is -0.464 e. The largest absolute Gasteiger partial charge is 0.464 e. The summed E-state index contributed by atoms with van der Waals surface area (Å²) in [4.78, 5) is 29.7. The standard InChI is InChI=1S/C32H35NO3/c1-2-36-32(35)30-28-21-20-27(22-26(28)19-18-23-12-6-3-7-13-23)33(30)31(34)29(24-14-8-4-9-15-24)25-16-10-5-11-17-25/h3-17,26-30H,2,18-22H2,1H3/t26?,27-,28+,30-/m0/s1. The van der Waals surface area contributed by atoms with Crippen LogP contribution in [-0.2, 0) is 20.7 Å². The van der Waals surface area contributed by atoms with E-state index in [1.807, 2.05) is 78.6 Å². The maximum Gasteiger partial charge on any atom is 0.329 e. The average Bonchev–Trinajstić information content (AvgIpc) is 2.93. The van der Waals surface area contributed by atoms with Crippen LogP contribution < -0.4 is 0 Å². The fourth-order valence-electron chi connectivity index (χ4n) is 6.44. The van der Waals surface area contributed by atoms with Crippen LogP contribution in [0.3, 0.4) is 0 Å². The first-order chi connectivity index (χ1) is 17.7. The second-order valence-corrected chi connectivity index (χ2v) is 10.1. The van der Waals surface area contributed by atoms with Crippen molar-refractivity contribution in [1.29, 1.82) is 0 Å². The molecule has 1 saturated carbocycles. The van der Waals surface area contributed by atoms with Gasteiger partial charge in [0.05, 0.1) is 12.5 Å². The number of carbonyl (C=O) groups is 2. The van der Waals surface area contributed by atoms with E-state index in [0.717, 1.165) is 43.2 Å². The minimum atomic E-state index is -0.513. The van der Waals surface area contributed by atoms with Gasteiger partial charge in [-0.1, -0.05) is 91.0 Å². The van der Waals surface area contributed by atoms with E-state index in [4.69, 9.17) is 4.74 Å². The van der Waals surface area contributed by atoms with Gasteiger partial charge in [-0.3, -0.25) is 4.79 Å². The van der Waals surface area contributed by atoms with E-state index in [2.05, 4.69) is 24.3 Å². The fourth-order valence-corrected chi connectivity index (χ4v) is 6.44. The summed E-state index contributed by atoms with van der Waals surface area (Å²) in [7, 11) is 0. The van der Waals surface area contributed by atoms with Crippen molar-refractivity contribution >= 4 is 11.9 Å². The number of nitrogens with zero attached hydrogens (tertiary/aromatic N) is 1. The number of hydrogen-bond donors (Lipinski definition) is 0. The number of amides is 1. The molecule has 0 radical (unpaired) electrons. The lowest BCUT2D eigenvalue weighted by molar-refractivity contribution is -0.171. The third-order valence-electron chi connectivity index (χ3n) is 8.05. The van der Waals surface area contributed by atoms with Crippen LogP contribution in [0, 0.1) is 11.8 Å². The Kier molecular flexibility index (Phi) is 7.50. The number of fused-ring (bicyclic) bond motifs is 3. The van der Waals surface area contributed by atoms with Crippen LogP contribution in [0.15, 0.2) is 91.0 Å². The summed E-state index contributed by atoms with van der Waals surface area (Å²) in [6.07, 6.45) is 4.90. The first-order valence-electron chi connectivity index (χ1n) is 13.3. The summed E-state index contributed by atoms with van der Waals surface area (Å²) in [5, 5.41) is 0. The number of carbonyl (C=O) groups excluding carboxylic acids is 2. The third-order valence-corrected chi connectivity index (χ3v) is 8.05. The zero-order valence-corrected chi connectivity index (χ0v) is 21.0. The predicted molar refractivity (Wildman–Crippen MR) is 141 cm³/mol. The molecule has 4 atom stereocenters. The van der Waals surface area contributed by atoms with Crippen LogP contribution >= 0.6 is 0 Å². The van der Waals surface area contributed by atoms with E-state index >= 15 is 0 Å². The fraction of sp³-hybridized carbons (Fsp3) is 0.375. The van der Waals surface area contributed by atoms with Crippen LogP contribution in [-0.4, -0.2) is 35.5 Å². The summed E-state index contributed by atoms with van der Waals surface area (Å²) in [5.41, 5.74) is 3.24. The molecule has 0 spiro atoms. The van der Waals surface area contributed by atoms with Gasteiger partial charge in [0.25, 0.3) is 0 Å². The van der Waals surface area contributed by atoms with Crippen LogP contribution in [0.1, 0.15) is 55.2 Å². The van der Waals surface area contributed by atoms with Crippen molar-refractivity contribution < 1.29 is 14.3 Å². The third kappa shape index (κ3) is 4.95. The number of piperidine rings is 2. The molecule has 3 aromatic carbocycles. The molecular weight excluding hydrogens is 446 g/mol. The van der Waals surface area contributed by atoms with Crippen molar-refractivity contribution in [2.45, 2.75) is 57.0 Å². The molecule has 3 aliphatic rings. The molecule has 2 saturated heterocycles. The highest BCUT2D eigenvalue weighted by Crippen LogP contribution is 2.47. The van der Waals surface area contributed by atoms with Crippen LogP contribution in [0.2, 0.25) is 0 Å². The lowest BCUT2D eigenvalue weighted by Crippen LogP contribution is -2.64. The van der Waals surface area contributed by atoms with Crippen molar-refractivity contribution in [2.24, 2.45) is 11.8 Å². The topological polar surface area (TPSA) is 46.6 Å². The van der Waals surface area contributed by atoms with Crippen molar-refractivity contribution in [3.63, 3.8) is 0 Å². The molecule has 3 aromatic rings. The first kappa shape index (κ1) is 24.3. The summed E-state index contributed by atoms with van der Waals surface area (Å²) in [5.74, 6) is -0.124. The monoisotopic (exact) mass is 481 g/mol.